The van der Waals surface area contributed by atoms with Crippen LogP contribution >= 0.6 is 0 Å². The molecular weight excluding hydrogens is 230 g/mol. The maximum absolute atomic E-state index is 12.6. The number of nitrogens with two attached hydrogens (primary N) is 1. The highest BCUT2D eigenvalue weighted by molar-refractivity contribution is 7.85. The van der Waals surface area contributed by atoms with Crippen LogP contribution in [0.25, 0.3) is 0 Å². The summed E-state index contributed by atoms with van der Waals surface area (Å²) in [5.74, 6) is 0.627. The normalized spacial score (nSPS) is 26.6. The summed E-state index contributed by atoms with van der Waals surface area (Å²) in [6.45, 7) is 2.21. The second-order valence-corrected chi connectivity index (χ2v) is 6.53. The van der Waals surface area contributed by atoms with Crippen molar-refractivity contribution in [3.05, 3.63) is 24.3 Å². The minimum absolute atomic E-state index is 0.345. The molecule has 1 aromatic rings. The highest BCUT2D eigenvalue weighted by Gasteiger charge is 2.29. The van der Waals surface area contributed by atoms with Crippen LogP contribution in [-0.4, -0.2) is 9.46 Å². The van der Waals surface area contributed by atoms with Gasteiger partial charge in [-0.05, 0) is 43.0 Å². The summed E-state index contributed by atoms with van der Waals surface area (Å²) in [6, 6.07) is 7.51. The van der Waals surface area contributed by atoms with Gasteiger partial charge in [-0.15, -0.1) is 0 Å². The Labute approximate surface area is 106 Å². The summed E-state index contributed by atoms with van der Waals surface area (Å²) in [5, 5.41) is 0.345. The lowest BCUT2D eigenvalue weighted by Gasteiger charge is -2.30. The van der Waals surface area contributed by atoms with Gasteiger partial charge in [0.2, 0.25) is 0 Å². The number of rotatable bonds is 3. The van der Waals surface area contributed by atoms with E-state index in [1.54, 1.807) is 0 Å². The number of hydrogen-bond donors (Lipinski definition) is 1. The molecule has 0 bridgehead atoms. The molecule has 3 heteroatoms. The molecule has 3 unspecified atom stereocenters. The fourth-order valence-electron chi connectivity index (χ4n) is 2.70. The van der Waals surface area contributed by atoms with Gasteiger partial charge < -0.3 is 5.73 Å². The summed E-state index contributed by atoms with van der Waals surface area (Å²) in [6.07, 6.45) is 6.01. The highest BCUT2D eigenvalue weighted by Crippen LogP contribution is 2.32. The van der Waals surface area contributed by atoms with Crippen molar-refractivity contribution in [3.8, 4) is 0 Å². The number of anilines is 1. The van der Waals surface area contributed by atoms with Crippen LogP contribution in [0.5, 0.6) is 0 Å². The van der Waals surface area contributed by atoms with Crippen LogP contribution in [-0.2, 0) is 10.8 Å². The van der Waals surface area contributed by atoms with E-state index in [9.17, 15) is 4.21 Å². The quantitative estimate of drug-likeness (QED) is 0.837. The van der Waals surface area contributed by atoms with Crippen LogP contribution < -0.4 is 5.73 Å². The summed E-state index contributed by atoms with van der Waals surface area (Å²) >= 11 is 0. The van der Waals surface area contributed by atoms with E-state index in [-0.39, 0.29) is 0 Å². The first-order valence-corrected chi connectivity index (χ1v) is 7.69. The molecule has 1 aromatic carbocycles. The van der Waals surface area contributed by atoms with Crippen LogP contribution in [0.15, 0.2) is 29.2 Å². The van der Waals surface area contributed by atoms with Crippen LogP contribution in [0.4, 0.5) is 5.69 Å². The molecule has 0 heterocycles. The molecule has 0 aromatic heterocycles. The van der Waals surface area contributed by atoms with Crippen molar-refractivity contribution in [3.63, 3.8) is 0 Å². The van der Waals surface area contributed by atoms with Gasteiger partial charge in [0.1, 0.15) is 0 Å². The van der Waals surface area contributed by atoms with Gasteiger partial charge in [-0.2, -0.15) is 0 Å². The van der Waals surface area contributed by atoms with Gasteiger partial charge in [-0.25, -0.2) is 0 Å². The predicted octanol–water partition coefficient (Wildman–Crippen LogP) is 3.35. The van der Waals surface area contributed by atoms with E-state index in [4.69, 9.17) is 5.73 Å². The van der Waals surface area contributed by atoms with Crippen molar-refractivity contribution >= 4 is 16.5 Å². The Kier molecular flexibility index (Phi) is 4.21. The number of benzene rings is 1. The van der Waals surface area contributed by atoms with Crippen LogP contribution in [0.2, 0.25) is 0 Å². The standard InChI is InChI=1S/C14H21NOS/c1-2-11-5-3-4-6-14(11)17(16)13-9-7-12(15)8-10-13/h7-11,14H,2-6,15H2,1H3. The van der Waals surface area contributed by atoms with Crippen molar-refractivity contribution in [2.24, 2.45) is 5.92 Å². The summed E-state index contributed by atoms with van der Waals surface area (Å²) in [7, 11) is -0.864. The Hall–Kier alpha value is -0.830. The summed E-state index contributed by atoms with van der Waals surface area (Å²) < 4.78 is 12.6. The third-order valence-corrected chi connectivity index (χ3v) is 5.66. The zero-order valence-electron chi connectivity index (χ0n) is 10.4. The van der Waals surface area contributed by atoms with Crippen molar-refractivity contribution in [1.82, 2.24) is 0 Å². The van der Waals surface area contributed by atoms with Crippen molar-refractivity contribution in [2.45, 2.75) is 49.2 Å². The van der Waals surface area contributed by atoms with Gasteiger partial charge in [0.25, 0.3) is 0 Å². The molecule has 1 fully saturated rings. The fraction of sp³-hybridized carbons (Fsp3) is 0.571. The summed E-state index contributed by atoms with van der Waals surface area (Å²) in [4.78, 5) is 0.935. The molecular formula is C14H21NOS. The number of nitrogen functional groups attached to an aromatic ring is 1. The Morgan fingerprint density at radius 3 is 2.53 bits per heavy atom. The Bertz CT molecular complexity index is 388. The SMILES string of the molecule is CCC1CCCCC1S(=O)c1ccc(N)cc1. The third kappa shape index (κ3) is 2.89. The number of hydrogen-bond acceptors (Lipinski definition) is 2. The Morgan fingerprint density at radius 2 is 1.88 bits per heavy atom. The van der Waals surface area contributed by atoms with Gasteiger partial charge in [-0.3, -0.25) is 4.21 Å². The maximum atomic E-state index is 12.6. The molecule has 2 nitrogen and oxygen atoms in total. The lowest BCUT2D eigenvalue weighted by atomic mass is 9.87. The zero-order chi connectivity index (χ0) is 12.3. The van der Waals surface area contributed by atoms with E-state index in [1.807, 2.05) is 24.3 Å². The molecule has 94 valence electrons. The fourth-order valence-corrected chi connectivity index (χ4v) is 4.51. The van der Waals surface area contributed by atoms with Crippen LogP contribution in [0.3, 0.4) is 0 Å². The first kappa shape index (κ1) is 12.6. The van der Waals surface area contributed by atoms with Gasteiger partial charge >= 0.3 is 0 Å². The summed E-state index contributed by atoms with van der Waals surface area (Å²) in [5.41, 5.74) is 6.40. The lowest BCUT2D eigenvalue weighted by molar-refractivity contribution is 0.355. The minimum atomic E-state index is -0.864. The Morgan fingerprint density at radius 1 is 1.24 bits per heavy atom. The topological polar surface area (TPSA) is 43.1 Å². The molecule has 0 radical (unpaired) electrons. The second kappa shape index (κ2) is 5.67. The first-order chi connectivity index (χ1) is 8.22. The molecule has 0 amide bonds. The highest BCUT2D eigenvalue weighted by atomic mass is 32.2. The van der Waals surface area contributed by atoms with Crippen LogP contribution in [0.1, 0.15) is 39.0 Å². The van der Waals surface area contributed by atoms with Gasteiger partial charge in [-0.1, -0.05) is 26.2 Å². The molecule has 17 heavy (non-hydrogen) atoms. The van der Waals surface area contributed by atoms with E-state index >= 15 is 0 Å². The predicted molar refractivity (Wildman–Crippen MR) is 73.3 cm³/mol. The minimum Gasteiger partial charge on any atom is -0.399 e. The molecule has 2 rings (SSSR count). The molecule has 1 aliphatic carbocycles. The van der Waals surface area contributed by atoms with Gasteiger partial charge in [0.15, 0.2) is 0 Å². The molecule has 0 spiro atoms. The molecule has 2 N–H and O–H groups in total. The van der Waals surface area contributed by atoms with Gasteiger partial charge in [0.05, 0.1) is 10.8 Å². The third-order valence-electron chi connectivity index (χ3n) is 3.75. The van der Waals surface area contributed by atoms with E-state index in [1.165, 1.54) is 19.3 Å². The van der Waals surface area contributed by atoms with Gasteiger partial charge in [0, 0.05) is 15.8 Å². The molecule has 0 aliphatic heterocycles. The maximum Gasteiger partial charge on any atom is 0.0563 e. The largest absolute Gasteiger partial charge is 0.399 e. The zero-order valence-corrected chi connectivity index (χ0v) is 11.2. The average molecular weight is 251 g/mol. The molecule has 1 aliphatic rings. The molecule has 3 atom stereocenters. The monoisotopic (exact) mass is 251 g/mol. The van der Waals surface area contributed by atoms with Crippen LogP contribution in [0, 0.1) is 5.92 Å². The average Bonchev–Trinajstić information content (AvgIpc) is 2.39. The van der Waals surface area contributed by atoms with E-state index in [0.717, 1.165) is 23.4 Å². The van der Waals surface area contributed by atoms with Crippen molar-refractivity contribution < 1.29 is 4.21 Å². The van der Waals surface area contributed by atoms with E-state index in [0.29, 0.717) is 11.2 Å². The smallest absolute Gasteiger partial charge is 0.0563 e. The van der Waals surface area contributed by atoms with Crippen molar-refractivity contribution in [2.75, 3.05) is 5.73 Å². The van der Waals surface area contributed by atoms with E-state index < -0.39 is 10.8 Å². The van der Waals surface area contributed by atoms with E-state index in [2.05, 4.69) is 6.92 Å². The molecule has 0 saturated heterocycles. The first-order valence-electron chi connectivity index (χ1n) is 6.48. The molecule has 1 saturated carbocycles. The van der Waals surface area contributed by atoms with Crippen molar-refractivity contribution in [1.29, 1.82) is 0 Å². The second-order valence-electron chi connectivity index (χ2n) is 4.86. The lowest BCUT2D eigenvalue weighted by Crippen LogP contribution is -2.28. The Balaban J connectivity index is 2.15.